The van der Waals surface area contributed by atoms with Gasteiger partial charge in [-0.2, -0.15) is 0 Å². The molecule has 0 amide bonds. The van der Waals surface area contributed by atoms with Gasteiger partial charge in [-0.3, -0.25) is 0 Å². The molecule has 108 valence electrons. The molecule has 1 aromatic carbocycles. The zero-order valence-electron chi connectivity index (χ0n) is 12.0. The molecule has 1 N–H and O–H groups in total. The molecule has 5 nitrogen and oxygen atoms in total. The normalized spacial score (nSPS) is 11.4. The average Bonchev–Trinajstić information content (AvgIpc) is 3.04. The number of aromatic carboxylic acids is 1. The second kappa shape index (κ2) is 5.09. The summed E-state index contributed by atoms with van der Waals surface area (Å²) in [6, 6.07) is 9.71. The molecule has 0 spiro atoms. The van der Waals surface area contributed by atoms with E-state index in [2.05, 4.69) is 23.4 Å². The second-order valence-electron chi connectivity index (χ2n) is 5.37. The number of imidazole rings is 1. The Labute approximate surface area is 122 Å². The number of benzene rings is 1. The minimum Gasteiger partial charge on any atom is -0.477 e. The van der Waals surface area contributed by atoms with Gasteiger partial charge in [-0.25, -0.2) is 9.78 Å². The Balaban J connectivity index is 2.13. The van der Waals surface area contributed by atoms with Crippen molar-refractivity contribution < 1.29 is 9.90 Å². The fourth-order valence-electron chi connectivity index (χ4n) is 2.64. The highest BCUT2D eigenvalue weighted by Crippen LogP contribution is 2.22. The monoisotopic (exact) mass is 283 g/mol. The van der Waals surface area contributed by atoms with Crippen molar-refractivity contribution in [3.63, 3.8) is 0 Å². The number of aromatic nitrogens is 3. The first-order valence-corrected chi connectivity index (χ1v) is 6.90. The van der Waals surface area contributed by atoms with Crippen LogP contribution in [0.25, 0.3) is 10.9 Å². The van der Waals surface area contributed by atoms with Crippen LogP contribution >= 0.6 is 0 Å². The van der Waals surface area contributed by atoms with Crippen molar-refractivity contribution in [3.8, 4) is 0 Å². The van der Waals surface area contributed by atoms with E-state index >= 15 is 0 Å². The molecule has 2 heterocycles. The molecular weight excluding hydrogens is 266 g/mol. The molecule has 3 aromatic rings. The van der Waals surface area contributed by atoms with Crippen LogP contribution in [0.2, 0.25) is 0 Å². The van der Waals surface area contributed by atoms with Gasteiger partial charge in [-0.05, 0) is 26.0 Å². The van der Waals surface area contributed by atoms with Crippen LogP contribution in [0.4, 0.5) is 0 Å². The highest BCUT2D eigenvalue weighted by atomic mass is 16.4. The van der Waals surface area contributed by atoms with E-state index in [4.69, 9.17) is 0 Å². The van der Waals surface area contributed by atoms with E-state index in [1.165, 1.54) is 0 Å². The van der Waals surface area contributed by atoms with Gasteiger partial charge in [-0.1, -0.05) is 18.2 Å². The molecule has 0 aliphatic rings. The number of carboxylic acids is 1. The summed E-state index contributed by atoms with van der Waals surface area (Å²) in [6.07, 6.45) is 3.58. The number of carbonyl (C=O) groups is 1. The standard InChI is InChI=1S/C16H17N3O2/c1-11(2)19-10-17-8-13(19)9-18-14-6-4-3-5-12(14)7-15(18)16(20)21/h3-8,10-11H,9H2,1-2H3,(H,20,21). The fourth-order valence-corrected chi connectivity index (χ4v) is 2.64. The van der Waals surface area contributed by atoms with Crippen molar-refractivity contribution in [3.05, 3.63) is 54.2 Å². The molecule has 0 fully saturated rings. The fraction of sp³-hybridized carbons (Fsp3) is 0.250. The molecule has 0 unspecified atom stereocenters. The van der Waals surface area contributed by atoms with Gasteiger partial charge < -0.3 is 14.2 Å². The van der Waals surface area contributed by atoms with E-state index in [9.17, 15) is 9.90 Å². The molecule has 0 saturated heterocycles. The summed E-state index contributed by atoms with van der Waals surface area (Å²) < 4.78 is 3.88. The minimum absolute atomic E-state index is 0.289. The quantitative estimate of drug-likeness (QED) is 0.800. The van der Waals surface area contributed by atoms with E-state index < -0.39 is 5.97 Å². The maximum absolute atomic E-state index is 11.5. The summed E-state index contributed by atoms with van der Waals surface area (Å²) in [5, 5.41) is 10.4. The maximum Gasteiger partial charge on any atom is 0.352 e. The van der Waals surface area contributed by atoms with E-state index in [1.54, 1.807) is 18.6 Å². The number of nitrogens with zero attached hydrogens (tertiary/aromatic N) is 3. The SMILES string of the molecule is CC(C)n1cncc1Cn1c(C(=O)O)cc2ccccc21. The lowest BCUT2D eigenvalue weighted by molar-refractivity contribution is 0.0686. The summed E-state index contributed by atoms with van der Waals surface area (Å²) >= 11 is 0. The molecule has 5 heteroatoms. The molecule has 0 radical (unpaired) electrons. The highest BCUT2D eigenvalue weighted by molar-refractivity contribution is 5.94. The van der Waals surface area contributed by atoms with Crippen LogP contribution in [-0.2, 0) is 6.54 Å². The van der Waals surface area contributed by atoms with Crippen molar-refractivity contribution in [2.45, 2.75) is 26.4 Å². The van der Waals surface area contributed by atoms with E-state index in [1.807, 2.05) is 28.8 Å². The van der Waals surface area contributed by atoms with Crippen molar-refractivity contribution in [2.75, 3.05) is 0 Å². The van der Waals surface area contributed by atoms with Crippen LogP contribution < -0.4 is 0 Å². The van der Waals surface area contributed by atoms with Crippen LogP contribution in [0.3, 0.4) is 0 Å². The summed E-state index contributed by atoms with van der Waals surface area (Å²) in [4.78, 5) is 15.7. The molecule has 0 aliphatic heterocycles. The highest BCUT2D eigenvalue weighted by Gasteiger charge is 2.16. The molecule has 0 atom stereocenters. The third-order valence-corrected chi connectivity index (χ3v) is 3.65. The Morgan fingerprint density at radius 1 is 1.33 bits per heavy atom. The molecular formula is C16H17N3O2. The Morgan fingerprint density at radius 3 is 2.81 bits per heavy atom. The van der Waals surface area contributed by atoms with Gasteiger partial charge in [0.1, 0.15) is 5.69 Å². The van der Waals surface area contributed by atoms with Gasteiger partial charge in [0.15, 0.2) is 0 Å². The van der Waals surface area contributed by atoms with Crippen LogP contribution in [0.5, 0.6) is 0 Å². The van der Waals surface area contributed by atoms with Crippen LogP contribution in [0, 0.1) is 0 Å². The molecule has 21 heavy (non-hydrogen) atoms. The first kappa shape index (κ1) is 13.4. The number of para-hydroxylation sites is 1. The van der Waals surface area contributed by atoms with Gasteiger partial charge in [0.2, 0.25) is 0 Å². The molecule has 0 aliphatic carbocycles. The lowest BCUT2D eigenvalue weighted by Crippen LogP contribution is -2.13. The van der Waals surface area contributed by atoms with E-state index in [-0.39, 0.29) is 6.04 Å². The summed E-state index contributed by atoms with van der Waals surface area (Å²) in [5.74, 6) is -0.915. The van der Waals surface area contributed by atoms with Crippen LogP contribution in [-0.4, -0.2) is 25.2 Å². The molecule has 0 bridgehead atoms. The first-order chi connectivity index (χ1) is 10.1. The van der Waals surface area contributed by atoms with Crippen molar-refractivity contribution in [2.24, 2.45) is 0 Å². The third-order valence-electron chi connectivity index (χ3n) is 3.65. The largest absolute Gasteiger partial charge is 0.477 e. The predicted molar refractivity (Wildman–Crippen MR) is 80.6 cm³/mol. The number of carboxylic acid groups (broad SMARTS) is 1. The number of hydrogen-bond acceptors (Lipinski definition) is 2. The topological polar surface area (TPSA) is 60.0 Å². The number of fused-ring (bicyclic) bond motifs is 1. The number of hydrogen-bond donors (Lipinski definition) is 1. The van der Waals surface area contributed by atoms with E-state index in [0.717, 1.165) is 16.6 Å². The van der Waals surface area contributed by atoms with E-state index in [0.29, 0.717) is 12.2 Å². The predicted octanol–water partition coefficient (Wildman–Crippen LogP) is 3.17. The lowest BCUT2D eigenvalue weighted by Gasteiger charge is -2.14. The van der Waals surface area contributed by atoms with Crippen LogP contribution in [0.15, 0.2) is 42.9 Å². The van der Waals surface area contributed by atoms with Gasteiger partial charge >= 0.3 is 5.97 Å². The lowest BCUT2D eigenvalue weighted by atomic mass is 10.2. The first-order valence-electron chi connectivity index (χ1n) is 6.90. The van der Waals surface area contributed by atoms with Crippen molar-refractivity contribution in [1.29, 1.82) is 0 Å². The van der Waals surface area contributed by atoms with Crippen molar-refractivity contribution >= 4 is 16.9 Å². The summed E-state index contributed by atoms with van der Waals surface area (Å²) in [5.41, 5.74) is 2.22. The Kier molecular flexibility index (Phi) is 3.25. The van der Waals surface area contributed by atoms with Crippen LogP contribution in [0.1, 0.15) is 36.1 Å². The maximum atomic E-state index is 11.5. The second-order valence-corrected chi connectivity index (χ2v) is 5.37. The molecule has 3 rings (SSSR count). The smallest absolute Gasteiger partial charge is 0.352 e. The summed E-state index contributed by atoms with van der Waals surface area (Å²) in [6.45, 7) is 4.65. The van der Waals surface area contributed by atoms with Crippen molar-refractivity contribution in [1.82, 2.24) is 14.1 Å². The number of rotatable bonds is 4. The minimum atomic E-state index is -0.915. The Bertz CT molecular complexity index is 799. The molecule has 0 saturated carbocycles. The zero-order valence-corrected chi connectivity index (χ0v) is 12.0. The third kappa shape index (κ3) is 2.31. The van der Waals surface area contributed by atoms with Gasteiger partial charge in [-0.15, -0.1) is 0 Å². The Hall–Kier alpha value is -2.56. The Morgan fingerprint density at radius 2 is 2.10 bits per heavy atom. The van der Waals surface area contributed by atoms with Gasteiger partial charge in [0.05, 0.1) is 18.6 Å². The van der Waals surface area contributed by atoms with Gasteiger partial charge in [0, 0.05) is 23.1 Å². The van der Waals surface area contributed by atoms with Gasteiger partial charge in [0.25, 0.3) is 0 Å². The summed E-state index contributed by atoms with van der Waals surface area (Å²) in [7, 11) is 0. The zero-order chi connectivity index (χ0) is 15.0. The average molecular weight is 283 g/mol. The molecule has 2 aromatic heterocycles.